The molecular formula is C17H24N4O2S. The van der Waals surface area contributed by atoms with Crippen LogP contribution in [0.25, 0.3) is 0 Å². The molecule has 0 spiro atoms. The van der Waals surface area contributed by atoms with E-state index in [1.54, 1.807) is 18.0 Å². The van der Waals surface area contributed by atoms with E-state index < -0.39 is 0 Å². The summed E-state index contributed by atoms with van der Waals surface area (Å²) in [5.74, 6) is 2.87. The lowest BCUT2D eigenvalue weighted by molar-refractivity contribution is 0.257. The maximum absolute atomic E-state index is 5.76. The molecule has 0 saturated heterocycles. The number of rotatable bonds is 7. The van der Waals surface area contributed by atoms with Gasteiger partial charge in [0.25, 0.3) is 0 Å². The summed E-state index contributed by atoms with van der Waals surface area (Å²) >= 11 is 5.22. The number of nitrogens with zero attached hydrogens (tertiary/aromatic N) is 3. The van der Waals surface area contributed by atoms with E-state index >= 15 is 0 Å². The van der Waals surface area contributed by atoms with Crippen molar-refractivity contribution in [2.45, 2.75) is 33.6 Å². The Bertz CT molecular complexity index is 762. The van der Waals surface area contributed by atoms with Crippen LogP contribution in [0.3, 0.4) is 0 Å². The van der Waals surface area contributed by atoms with Crippen LogP contribution in [0.1, 0.15) is 45.0 Å². The Hall–Kier alpha value is -2.15. The van der Waals surface area contributed by atoms with Crippen LogP contribution in [0.2, 0.25) is 0 Å². The van der Waals surface area contributed by atoms with Gasteiger partial charge in [-0.1, -0.05) is 27.7 Å². The van der Waals surface area contributed by atoms with Crippen LogP contribution in [-0.4, -0.2) is 34.8 Å². The normalized spacial score (nSPS) is 11.6. The first-order chi connectivity index (χ1) is 11.4. The quantitative estimate of drug-likeness (QED) is 0.607. The van der Waals surface area contributed by atoms with Gasteiger partial charge >= 0.3 is 0 Å². The third-order valence-electron chi connectivity index (χ3n) is 3.27. The number of benzene rings is 1. The Balaban J connectivity index is 2.24. The van der Waals surface area contributed by atoms with Gasteiger partial charge in [-0.25, -0.2) is 0 Å². The Morgan fingerprint density at radius 2 is 2.04 bits per heavy atom. The molecule has 0 unspecified atom stereocenters. The van der Waals surface area contributed by atoms with Gasteiger partial charge in [-0.2, -0.15) is 14.9 Å². The number of methoxy groups -OCH3 is 1. The number of hydrogen-bond donors (Lipinski definition) is 1. The highest BCUT2D eigenvalue weighted by Gasteiger charge is 2.09. The van der Waals surface area contributed by atoms with E-state index in [0.29, 0.717) is 23.0 Å². The molecule has 1 aromatic heterocycles. The van der Waals surface area contributed by atoms with Crippen molar-refractivity contribution in [2.75, 3.05) is 13.7 Å². The van der Waals surface area contributed by atoms with Crippen molar-refractivity contribution in [1.82, 2.24) is 14.9 Å². The Morgan fingerprint density at radius 3 is 2.67 bits per heavy atom. The fourth-order valence-corrected chi connectivity index (χ4v) is 2.24. The standard InChI is InChI=1S/C17H24N4O2S/c1-11(2)10-23-14-7-6-13(8-15(14)22-5)9-18-21-16(12(3)4)19-20-17(21)24/h6-9,11-12H,10H2,1-5H3,(H,20,24)/b18-9-. The van der Waals surface area contributed by atoms with E-state index in [4.69, 9.17) is 21.7 Å². The third kappa shape index (κ3) is 4.44. The molecule has 7 heteroatoms. The highest BCUT2D eigenvalue weighted by atomic mass is 32.1. The fraction of sp³-hybridized carbons (Fsp3) is 0.471. The molecule has 2 rings (SSSR count). The molecule has 0 aliphatic carbocycles. The minimum atomic E-state index is 0.219. The van der Waals surface area contributed by atoms with Crippen LogP contribution in [0.15, 0.2) is 23.3 Å². The van der Waals surface area contributed by atoms with E-state index in [9.17, 15) is 0 Å². The average molecular weight is 348 g/mol. The Morgan fingerprint density at radius 1 is 1.29 bits per heavy atom. The number of hydrogen-bond acceptors (Lipinski definition) is 5. The van der Waals surface area contributed by atoms with Crippen molar-refractivity contribution in [3.8, 4) is 11.5 Å². The molecule has 0 aliphatic heterocycles. The van der Waals surface area contributed by atoms with Crippen LogP contribution >= 0.6 is 12.2 Å². The molecule has 24 heavy (non-hydrogen) atoms. The minimum absolute atomic E-state index is 0.219. The first-order valence-electron chi connectivity index (χ1n) is 7.94. The summed E-state index contributed by atoms with van der Waals surface area (Å²) in [7, 11) is 1.63. The minimum Gasteiger partial charge on any atom is -0.493 e. The summed E-state index contributed by atoms with van der Waals surface area (Å²) in [6, 6.07) is 5.71. The van der Waals surface area contributed by atoms with Gasteiger partial charge in [-0.05, 0) is 41.9 Å². The van der Waals surface area contributed by atoms with Crippen LogP contribution in [0, 0.1) is 10.7 Å². The molecule has 0 saturated carbocycles. The Labute approximate surface area is 147 Å². The fourth-order valence-electron chi connectivity index (χ4n) is 2.05. The molecule has 1 aromatic carbocycles. The van der Waals surface area contributed by atoms with Crippen molar-refractivity contribution in [1.29, 1.82) is 0 Å². The van der Waals surface area contributed by atoms with Gasteiger partial charge in [0, 0.05) is 5.92 Å². The van der Waals surface area contributed by atoms with Crippen LogP contribution in [-0.2, 0) is 0 Å². The molecule has 0 radical (unpaired) electrons. The van der Waals surface area contributed by atoms with Crippen molar-refractivity contribution >= 4 is 18.4 Å². The number of aromatic amines is 1. The highest BCUT2D eigenvalue weighted by Crippen LogP contribution is 2.28. The van der Waals surface area contributed by atoms with E-state index in [2.05, 4.69) is 29.1 Å². The second-order valence-corrected chi connectivity index (χ2v) is 6.60. The zero-order chi connectivity index (χ0) is 17.7. The van der Waals surface area contributed by atoms with E-state index in [-0.39, 0.29) is 5.92 Å². The predicted octanol–water partition coefficient (Wildman–Crippen LogP) is 3.99. The molecule has 1 heterocycles. The van der Waals surface area contributed by atoms with Gasteiger partial charge in [0.1, 0.15) is 0 Å². The third-order valence-corrected chi connectivity index (χ3v) is 3.54. The van der Waals surface area contributed by atoms with Gasteiger partial charge in [-0.3, -0.25) is 5.10 Å². The van der Waals surface area contributed by atoms with Crippen LogP contribution in [0.5, 0.6) is 11.5 Å². The summed E-state index contributed by atoms with van der Waals surface area (Å²) in [6.45, 7) is 8.94. The van der Waals surface area contributed by atoms with Crippen LogP contribution in [0.4, 0.5) is 0 Å². The first-order valence-corrected chi connectivity index (χ1v) is 8.35. The molecule has 0 fully saturated rings. The summed E-state index contributed by atoms with van der Waals surface area (Å²) < 4.78 is 13.3. The molecule has 130 valence electrons. The summed E-state index contributed by atoms with van der Waals surface area (Å²) in [4.78, 5) is 0. The zero-order valence-electron chi connectivity index (χ0n) is 14.7. The lowest BCUT2D eigenvalue weighted by Gasteiger charge is -2.12. The molecule has 1 N–H and O–H groups in total. The second-order valence-electron chi connectivity index (χ2n) is 6.21. The smallest absolute Gasteiger partial charge is 0.216 e. The predicted molar refractivity (Wildman–Crippen MR) is 97.8 cm³/mol. The number of H-pyrrole nitrogens is 1. The van der Waals surface area contributed by atoms with Gasteiger partial charge in [0.2, 0.25) is 4.77 Å². The maximum Gasteiger partial charge on any atom is 0.216 e. The van der Waals surface area contributed by atoms with Crippen molar-refractivity contribution in [2.24, 2.45) is 11.0 Å². The van der Waals surface area contributed by atoms with Gasteiger partial charge in [0.15, 0.2) is 17.3 Å². The van der Waals surface area contributed by atoms with E-state index in [0.717, 1.165) is 17.1 Å². The number of nitrogens with one attached hydrogen (secondary N) is 1. The molecule has 2 aromatic rings. The second kappa shape index (κ2) is 8.10. The molecule has 0 atom stereocenters. The van der Waals surface area contributed by atoms with Crippen molar-refractivity contribution in [3.05, 3.63) is 34.4 Å². The average Bonchev–Trinajstić information content (AvgIpc) is 2.92. The maximum atomic E-state index is 5.76. The monoisotopic (exact) mass is 348 g/mol. The summed E-state index contributed by atoms with van der Waals surface area (Å²) in [5, 5.41) is 11.4. The zero-order valence-corrected chi connectivity index (χ0v) is 15.6. The molecule has 0 amide bonds. The molecule has 0 bridgehead atoms. The number of aromatic nitrogens is 3. The van der Waals surface area contributed by atoms with Gasteiger partial charge < -0.3 is 9.47 Å². The lowest BCUT2D eigenvalue weighted by atomic mass is 10.2. The van der Waals surface area contributed by atoms with E-state index in [1.165, 1.54) is 0 Å². The van der Waals surface area contributed by atoms with Gasteiger partial charge in [0.05, 0.1) is 19.9 Å². The Kier molecular flexibility index (Phi) is 6.14. The largest absolute Gasteiger partial charge is 0.493 e. The van der Waals surface area contributed by atoms with Crippen molar-refractivity contribution in [3.63, 3.8) is 0 Å². The highest BCUT2D eigenvalue weighted by molar-refractivity contribution is 7.71. The molecule has 6 nitrogen and oxygen atoms in total. The van der Waals surface area contributed by atoms with E-state index in [1.807, 2.05) is 32.0 Å². The molecule has 0 aliphatic rings. The summed E-state index contributed by atoms with van der Waals surface area (Å²) in [6.07, 6.45) is 1.73. The van der Waals surface area contributed by atoms with Crippen LogP contribution < -0.4 is 9.47 Å². The molecular weight excluding hydrogens is 324 g/mol. The topological polar surface area (TPSA) is 64.4 Å². The van der Waals surface area contributed by atoms with Gasteiger partial charge in [-0.15, -0.1) is 0 Å². The SMILES string of the molecule is COc1cc(/C=N\n2c(C(C)C)n[nH]c2=S)ccc1OCC(C)C. The number of ether oxygens (including phenoxy) is 2. The lowest BCUT2D eigenvalue weighted by Crippen LogP contribution is -2.05. The first kappa shape index (κ1) is 18.2. The summed E-state index contributed by atoms with van der Waals surface area (Å²) in [5.41, 5.74) is 0.890. The van der Waals surface area contributed by atoms with Crippen molar-refractivity contribution < 1.29 is 9.47 Å².